The molecule has 0 aliphatic carbocycles. The van der Waals surface area contributed by atoms with Gasteiger partial charge in [-0.2, -0.15) is 0 Å². The zero-order valence-corrected chi connectivity index (χ0v) is 19.2. The predicted octanol–water partition coefficient (Wildman–Crippen LogP) is 4.38. The highest BCUT2D eigenvalue weighted by atomic mass is 19.1. The number of carbonyl (C=O) groups is 1. The quantitative estimate of drug-likeness (QED) is 0.361. The molecule has 1 atom stereocenters. The summed E-state index contributed by atoms with van der Waals surface area (Å²) in [5.74, 6) is -0.0888. The number of carbonyl (C=O) groups excluding carboxylic acids is 1. The Labute approximate surface area is 197 Å². The molecule has 34 heavy (non-hydrogen) atoms. The molecule has 6 nitrogen and oxygen atoms in total. The molecule has 0 fully saturated rings. The highest BCUT2D eigenvalue weighted by Gasteiger charge is 2.32. The first-order chi connectivity index (χ1) is 16.4. The minimum atomic E-state index is -0.836. The van der Waals surface area contributed by atoms with Crippen LogP contribution in [0.3, 0.4) is 0 Å². The summed E-state index contributed by atoms with van der Waals surface area (Å²) in [5, 5.41) is 19.7. The van der Waals surface area contributed by atoms with Gasteiger partial charge in [0.2, 0.25) is 0 Å². The molecule has 2 aromatic heterocycles. The Morgan fingerprint density at radius 1 is 1.12 bits per heavy atom. The van der Waals surface area contributed by atoms with Crippen LogP contribution in [0.15, 0.2) is 66.9 Å². The van der Waals surface area contributed by atoms with Gasteiger partial charge < -0.3 is 14.9 Å². The monoisotopic (exact) mass is 462 g/mol. The van der Waals surface area contributed by atoms with E-state index < -0.39 is 5.41 Å². The van der Waals surface area contributed by atoms with Crippen LogP contribution in [0.2, 0.25) is 0 Å². The molecule has 2 aromatic carbocycles. The van der Waals surface area contributed by atoms with Gasteiger partial charge in [-0.15, -0.1) is 0 Å². The van der Waals surface area contributed by atoms with Crippen molar-refractivity contribution in [1.82, 2.24) is 9.38 Å². The van der Waals surface area contributed by atoms with Crippen LogP contribution in [-0.2, 0) is 18.6 Å². The molecule has 0 bridgehead atoms. The fourth-order valence-corrected chi connectivity index (χ4v) is 4.11. The SMILES string of the molecule is Cc1nc2c(OCc3ccccc3F)cccn2c1C(=O)C[C@@](C)(CO)c1cccc(CO)c1. The van der Waals surface area contributed by atoms with Gasteiger partial charge in [-0.3, -0.25) is 9.20 Å². The van der Waals surface area contributed by atoms with Crippen LogP contribution in [0.5, 0.6) is 5.75 Å². The van der Waals surface area contributed by atoms with E-state index in [2.05, 4.69) is 4.98 Å². The first-order valence-electron chi connectivity index (χ1n) is 11.0. The third kappa shape index (κ3) is 4.58. The molecule has 0 saturated carbocycles. The van der Waals surface area contributed by atoms with Crippen molar-refractivity contribution in [2.75, 3.05) is 6.61 Å². The van der Waals surface area contributed by atoms with Gasteiger partial charge in [0.1, 0.15) is 18.1 Å². The largest absolute Gasteiger partial charge is 0.485 e. The number of rotatable bonds is 9. The van der Waals surface area contributed by atoms with E-state index in [0.717, 1.165) is 5.56 Å². The number of aliphatic hydroxyl groups is 2. The molecule has 0 aliphatic rings. The zero-order chi connectivity index (χ0) is 24.3. The van der Waals surface area contributed by atoms with Crippen molar-refractivity contribution in [1.29, 1.82) is 0 Å². The van der Waals surface area contributed by atoms with E-state index >= 15 is 0 Å². The van der Waals surface area contributed by atoms with Crippen LogP contribution >= 0.6 is 0 Å². The number of aromatic nitrogens is 2. The Kier molecular flexibility index (Phi) is 6.77. The molecule has 2 N–H and O–H groups in total. The lowest BCUT2D eigenvalue weighted by Gasteiger charge is -2.27. The van der Waals surface area contributed by atoms with E-state index in [1.165, 1.54) is 6.07 Å². The molecule has 7 heteroatoms. The van der Waals surface area contributed by atoms with Gasteiger partial charge in [0.15, 0.2) is 17.2 Å². The molecular weight excluding hydrogens is 435 g/mol. The summed E-state index contributed by atoms with van der Waals surface area (Å²) in [4.78, 5) is 18.0. The van der Waals surface area contributed by atoms with Crippen molar-refractivity contribution in [3.8, 4) is 5.75 Å². The second-order valence-electron chi connectivity index (χ2n) is 8.67. The van der Waals surface area contributed by atoms with Crippen LogP contribution in [0.1, 0.15) is 46.2 Å². The second kappa shape index (κ2) is 9.75. The summed E-state index contributed by atoms with van der Waals surface area (Å²) in [6.45, 7) is 3.25. The van der Waals surface area contributed by atoms with Gasteiger partial charge in [-0.05, 0) is 36.2 Å². The predicted molar refractivity (Wildman–Crippen MR) is 126 cm³/mol. The lowest BCUT2D eigenvalue weighted by atomic mass is 9.78. The zero-order valence-electron chi connectivity index (χ0n) is 19.2. The summed E-state index contributed by atoms with van der Waals surface area (Å²) >= 11 is 0. The van der Waals surface area contributed by atoms with Crippen LogP contribution in [0.25, 0.3) is 5.65 Å². The fourth-order valence-electron chi connectivity index (χ4n) is 4.11. The Morgan fingerprint density at radius 2 is 1.91 bits per heavy atom. The highest BCUT2D eigenvalue weighted by molar-refractivity contribution is 5.97. The number of pyridine rings is 1. The van der Waals surface area contributed by atoms with Crippen molar-refractivity contribution < 1.29 is 24.1 Å². The summed E-state index contributed by atoms with van der Waals surface area (Å²) < 4.78 is 21.5. The number of nitrogens with zero attached hydrogens (tertiary/aromatic N) is 2. The number of hydrogen-bond donors (Lipinski definition) is 2. The third-order valence-corrected chi connectivity index (χ3v) is 6.10. The number of ketones is 1. The van der Waals surface area contributed by atoms with E-state index in [0.29, 0.717) is 33.9 Å². The summed E-state index contributed by atoms with van der Waals surface area (Å²) in [5.41, 5.74) is 2.49. The molecule has 176 valence electrons. The van der Waals surface area contributed by atoms with E-state index in [4.69, 9.17) is 4.74 Å². The molecule has 4 aromatic rings. The molecule has 2 heterocycles. The topological polar surface area (TPSA) is 84.1 Å². The molecular formula is C27H27FN2O4. The number of benzene rings is 2. The Hall–Kier alpha value is -3.55. The van der Waals surface area contributed by atoms with Crippen molar-refractivity contribution in [3.05, 3.63) is 101 Å². The molecule has 4 rings (SSSR count). The number of halogens is 1. The normalized spacial score (nSPS) is 13.1. The van der Waals surface area contributed by atoms with Crippen LogP contribution < -0.4 is 4.74 Å². The fraction of sp³-hybridized carbons (Fsp3) is 0.259. The minimum Gasteiger partial charge on any atom is -0.485 e. The van der Waals surface area contributed by atoms with E-state index in [9.17, 15) is 19.4 Å². The summed E-state index contributed by atoms with van der Waals surface area (Å²) in [6, 6.07) is 17.1. The molecule has 0 amide bonds. The van der Waals surface area contributed by atoms with Crippen molar-refractivity contribution >= 4 is 11.4 Å². The first kappa shape index (κ1) is 23.6. The van der Waals surface area contributed by atoms with E-state index in [-0.39, 0.29) is 37.8 Å². The molecule has 0 aliphatic heterocycles. The van der Waals surface area contributed by atoms with E-state index in [1.807, 2.05) is 13.0 Å². The smallest absolute Gasteiger partial charge is 0.182 e. The van der Waals surface area contributed by atoms with Gasteiger partial charge in [0.05, 0.1) is 18.9 Å². The average molecular weight is 463 g/mol. The lowest BCUT2D eigenvalue weighted by Crippen LogP contribution is -2.30. The Morgan fingerprint density at radius 3 is 2.65 bits per heavy atom. The standard InChI is InChI=1S/C27H27FN2O4/c1-18-25(23(33)14-27(2,17-32)21-9-5-7-19(13-21)15-31)30-12-6-11-24(26(30)29-18)34-16-20-8-3-4-10-22(20)28/h3-13,31-32H,14-17H2,1-2H3/t27-/m0/s1. The van der Waals surface area contributed by atoms with Gasteiger partial charge >= 0.3 is 0 Å². The lowest BCUT2D eigenvalue weighted by molar-refractivity contribution is 0.0912. The third-order valence-electron chi connectivity index (χ3n) is 6.10. The molecule has 0 spiro atoms. The van der Waals surface area contributed by atoms with Gasteiger partial charge in [0.25, 0.3) is 0 Å². The Balaban J connectivity index is 1.63. The number of hydrogen-bond acceptors (Lipinski definition) is 5. The van der Waals surface area contributed by atoms with Crippen molar-refractivity contribution in [2.24, 2.45) is 0 Å². The van der Waals surface area contributed by atoms with Gasteiger partial charge in [-0.25, -0.2) is 9.37 Å². The number of aliphatic hydroxyl groups excluding tert-OH is 2. The summed E-state index contributed by atoms with van der Waals surface area (Å²) in [7, 11) is 0. The second-order valence-corrected chi connectivity index (χ2v) is 8.67. The van der Waals surface area contributed by atoms with Crippen molar-refractivity contribution in [2.45, 2.75) is 38.9 Å². The molecule has 0 saturated heterocycles. The number of fused-ring (bicyclic) bond motifs is 1. The van der Waals surface area contributed by atoms with Gasteiger partial charge in [-0.1, -0.05) is 49.4 Å². The first-order valence-corrected chi connectivity index (χ1v) is 11.0. The number of ether oxygens (including phenoxy) is 1. The number of Topliss-reactive ketones (excluding diaryl/α,β-unsaturated/α-hetero) is 1. The van der Waals surface area contributed by atoms with Crippen molar-refractivity contribution in [3.63, 3.8) is 0 Å². The maximum atomic E-state index is 14.0. The number of imidazole rings is 1. The maximum absolute atomic E-state index is 14.0. The number of aryl methyl sites for hydroxylation is 1. The maximum Gasteiger partial charge on any atom is 0.182 e. The summed E-state index contributed by atoms with van der Waals surface area (Å²) in [6.07, 6.45) is 1.79. The molecule has 0 unspecified atom stereocenters. The minimum absolute atomic E-state index is 0.0331. The average Bonchev–Trinajstić information content (AvgIpc) is 3.20. The Bertz CT molecular complexity index is 1330. The van der Waals surface area contributed by atoms with Crippen LogP contribution in [0, 0.1) is 12.7 Å². The van der Waals surface area contributed by atoms with Crippen LogP contribution in [0.4, 0.5) is 4.39 Å². The van der Waals surface area contributed by atoms with E-state index in [1.54, 1.807) is 66.1 Å². The molecule has 0 radical (unpaired) electrons. The highest BCUT2D eigenvalue weighted by Crippen LogP contribution is 2.31. The van der Waals surface area contributed by atoms with Gasteiger partial charge in [0, 0.05) is 23.6 Å². The van der Waals surface area contributed by atoms with Crippen LogP contribution in [-0.4, -0.2) is 32.0 Å².